The maximum absolute atomic E-state index is 14.0. The second-order valence-corrected chi connectivity index (χ2v) is 4.49. The van der Waals surface area contributed by atoms with Gasteiger partial charge in [0.05, 0.1) is 11.9 Å². The van der Waals surface area contributed by atoms with Crippen molar-refractivity contribution in [2.24, 2.45) is 0 Å². The summed E-state index contributed by atoms with van der Waals surface area (Å²) in [6.07, 6.45) is 2.00. The van der Waals surface area contributed by atoms with Crippen LogP contribution in [0.1, 0.15) is 20.3 Å². The molecule has 6 heteroatoms. The van der Waals surface area contributed by atoms with E-state index >= 15 is 0 Å². The molecule has 0 saturated heterocycles. The van der Waals surface area contributed by atoms with Crippen molar-refractivity contribution in [3.05, 3.63) is 42.1 Å². The van der Waals surface area contributed by atoms with Gasteiger partial charge in [0.2, 0.25) is 5.95 Å². The van der Waals surface area contributed by atoms with E-state index in [-0.39, 0.29) is 5.82 Å². The highest BCUT2D eigenvalue weighted by molar-refractivity contribution is 5.61. The zero-order valence-corrected chi connectivity index (χ0v) is 12.1. The Bertz CT molecular complexity index is 604. The first kappa shape index (κ1) is 15.2. The fourth-order valence-corrected chi connectivity index (χ4v) is 1.97. The molecule has 0 aliphatic heterocycles. The van der Waals surface area contributed by atoms with E-state index in [0.717, 1.165) is 12.6 Å². The van der Waals surface area contributed by atoms with Crippen LogP contribution < -0.4 is 10.2 Å². The normalized spacial score (nSPS) is 10.5. The summed E-state index contributed by atoms with van der Waals surface area (Å²) in [5, 5.41) is 3.00. The maximum Gasteiger partial charge on any atom is 0.224 e. The third-order valence-electron chi connectivity index (χ3n) is 2.97. The molecule has 1 N–H and O–H groups in total. The molecule has 0 saturated carbocycles. The van der Waals surface area contributed by atoms with Gasteiger partial charge in [0, 0.05) is 13.1 Å². The SMILES string of the molecule is CCCNc1ncc(F)c(N(CC)c2ccccc2F)n1. The highest BCUT2D eigenvalue weighted by atomic mass is 19.1. The van der Waals surface area contributed by atoms with Crippen molar-refractivity contribution in [1.82, 2.24) is 9.97 Å². The fraction of sp³-hybridized carbons (Fsp3) is 0.333. The molecule has 0 radical (unpaired) electrons. The second-order valence-electron chi connectivity index (χ2n) is 4.49. The van der Waals surface area contributed by atoms with E-state index in [1.807, 2.05) is 13.8 Å². The number of aromatic nitrogens is 2. The maximum atomic E-state index is 14.0. The summed E-state index contributed by atoms with van der Waals surface area (Å²) in [7, 11) is 0. The highest BCUT2D eigenvalue weighted by Crippen LogP contribution is 2.28. The number of rotatable bonds is 6. The number of hydrogen-bond acceptors (Lipinski definition) is 4. The fourth-order valence-electron chi connectivity index (χ4n) is 1.97. The third-order valence-corrected chi connectivity index (χ3v) is 2.97. The number of benzene rings is 1. The lowest BCUT2D eigenvalue weighted by Gasteiger charge is -2.23. The lowest BCUT2D eigenvalue weighted by Crippen LogP contribution is -2.21. The Morgan fingerprint density at radius 1 is 1.14 bits per heavy atom. The zero-order chi connectivity index (χ0) is 15.2. The quantitative estimate of drug-likeness (QED) is 0.880. The largest absolute Gasteiger partial charge is 0.354 e. The van der Waals surface area contributed by atoms with E-state index in [0.29, 0.717) is 24.7 Å². The highest BCUT2D eigenvalue weighted by Gasteiger charge is 2.18. The van der Waals surface area contributed by atoms with Crippen LogP contribution in [0.4, 0.5) is 26.2 Å². The van der Waals surface area contributed by atoms with Gasteiger partial charge in [0.1, 0.15) is 5.82 Å². The van der Waals surface area contributed by atoms with Crippen molar-refractivity contribution < 1.29 is 8.78 Å². The van der Waals surface area contributed by atoms with Gasteiger partial charge >= 0.3 is 0 Å². The number of hydrogen-bond donors (Lipinski definition) is 1. The minimum absolute atomic E-state index is 0.0659. The van der Waals surface area contributed by atoms with E-state index in [2.05, 4.69) is 15.3 Å². The molecule has 0 aliphatic rings. The minimum atomic E-state index is -0.581. The monoisotopic (exact) mass is 292 g/mol. The molecule has 0 spiro atoms. The number of nitrogens with zero attached hydrogens (tertiary/aromatic N) is 3. The number of nitrogens with one attached hydrogen (secondary N) is 1. The van der Waals surface area contributed by atoms with Crippen LogP contribution in [0.25, 0.3) is 0 Å². The van der Waals surface area contributed by atoms with Gasteiger partial charge in [-0.05, 0) is 25.5 Å². The van der Waals surface area contributed by atoms with E-state index < -0.39 is 11.6 Å². The molecule has 1 aromatic heterocycles. The van der Waals surface area contributed by atoms with E-state index in [9.17, 15) is 8.78 Å². The van der Waals surface area contributed by atoms with Crippen molar-refractivity contribution >= 4 is 17.5 Å². The van der Waals surface area contributed by atoms with Gasteiger partial charge in [0.25, 0.3) is 0 Å². The molecule has 2 aromatic rings. The zero-order valence-electron chi connectivity index (χ0n) is 12.1. The summed E-state index contributed by atoms with van der Waals surface area (Å²) in [6.45, 7) is 4.90. The molecule has 1 aromatic carbocycles. The molecule has 112 valence electrons. The molecule has 0 atom stereocenters. The first-order valence-electron chi connectivity index (χ1n) is 6.95. The first-order chi connectivity index (χ1) is 10.2. The van der Waals surface area contributed by atoms with Crippen molar-refractivity contribution in [3.63, 3.8) is 0 Å². The first-order valence-corrected chi connectivity index (χ1v) is 6.95. The van der Waals surface area contributed by atoms with Crippen molar-refractivity contribution in [2.75, 3.05) is 23.3 Å². The molecular formula is C15H18F2N4. The second kappa shape index (κ2) is 6.97. The summed E-state index contributed by atoms with van der Waals surface area (Å²) in [5.41, 5.74) is 0.291. The summed E-state index contributed by atoms with van der Waals surface area (Å²) >= 11 is 0. The molecule has 0 aliphatic carbocycles. The van der Waals surface area contributed by atoms with Crippen molar-refractivity contribution in [1.29, 1.82) is 0 Å². The van der Waals surface area contributed by atoms with E-state index in [1.54, 1.807) is 18.2 Å². The molecule has 0 fully saturated rings. The Balaban J connectivity index is 2.40. The Kier molecular flexibility index (Phi) is 5.03. The Morgan fingerprint density at radius 2 is 1.90 bits per heavy atom. The molecule has 0 amide bonds. The van der Waals surface area contributed by atoms with Crippen molar-refractivity contribution in [3.8, 4) is 0 Å². The van der Waals surface area contributed by atoms with E-state index in [4.69, 9.17) is 0 Å². The molecular weight excluding hydrogens is 274 g/mol. The van der Waals surface area contributed by atoms with Crippen LogP contribution in [-0.4, -0.2) is 23.1 Å². The predicted molar refractivity (Wildman–Crippen MR) is 79.9 cm³/mol. The smallest absolute Gasteiger partial charge is 0.224 e. The van der Waals surface area contributed by atoms with Crippen molar-refractivity contribution in [2.45, 2.75) is 20.3 Å². The molecule has 0 bridgehead atoms. The summed E-state index contributed by atoms with van der Waals surface area (Å²) in [4.78, 5) is 9.54. The summed E-state index contributed by atoms with van der Waals surface area (Å²) in [5.74, 6) is -0.596. The van der Waals surface area contributed by atoms with Gasteiger partial charge < -0.3 is 10.2 Å². The van der Waals surface area contributed by atoms with E-state index in [1.165, 1.54) is 11.0 Å². The summed E-state index contributed by atoms with van der Waals surface area (Å²) < 4.78 is 28.0. The molecule has 21 heavy (non-hydrogen) atoms. The molecule has 4 nitrogen and oxygen atoms in total. The molecule has 0 unspecified atom stereocenters. The van der Waals surface area contributed by atoms with Gasteiger partial charge in [-0.1, -0.05) is 19.1 Å². The lowest BCUT2D eigenvalue weighted by atomic mass is 10.2. The van der Waals surface area contributed by atoms with Gasteiger partial charge in [-0.3, -0.25) is 0 Å². The third kappa shape index (κ3) is 3.45. The van der Waals surface area contributed by atoms with Crippen LogP contribution in [0.5, 0.6) is 0 Å². The van der Waals surface area contributed by atoms with Gasteiger partial charge in [-0.15, -0.1) is 0 Å². The van der Waals surface area contributed by atoms with Gasteiger partial charge in [0.15, 0.2) is 11.6 Å². The van der Waals surface area contributed by atoms with Crippen LogP contribution in [-0.2, 0) is 0 Å². The van der Waals surface area contributed by atoms with Crippen LogP contribution >= 0.6 is 0 Å². The lowest BCUT2D eigenvalue weighted by molar-refractivity contribution is 0.603. The van der Waals surface area contributed by atoms with Crippen LogP contribution in [0.15, 0.2) is 30.5 Å². The average molecular weight is 292 g/mol. The predicted octanol–water partition coefficient (Wildman–Crippen LogP) is 3.73. The Hall–Kier alpha value is -2.24. The Labute approximate surface area is 122 Å². The minimum Gasteiger partial charge on any atom is -0.354 e. The van der Waals surface area contributed by atoms with Gasteiger partial charge in [-0.25, -0.2) is 13.8 Å². The number of anilines is 3. The van der Waals surface area contributed by atoms with Crippen LogP contribution in [0.2, 0.25) is 0 Å². The number of para-hydroxylation sites is 1. The summed E-state index contributed by atoms with van der Waals surface area (Å²) in [6, 6.07) is 6.24. The molecule has 2 rings (SSSR count). The number of halogens is 2. The topological polar surface area (TPSA) is 41.1 Å². The van der Waals surface area contributed by atoms with Crippen LogP contribution in [0.3, 0.4) is 0 Å². The van der Waals surface area contributed by atoms with Crippen LogP contribution in [0, 0.1) is 11.6 Å². The average Bonchev–Trinajstić information content (AvgIpc) is 2.50. The van der Waals surface area contributed by atoms with Gasteiger partial charge in [-0.2, -0.15) is 4.98 Å². The molecule has 1 heterocycles. The Morgan fingerprint density at radius 3 is 2.57 bits per heavy atom. The standard InChI is InChI=1S/C15H18F2N4/c1-3-9-18-15-19-10-12(17)14(20-15)21(4-2)13-8-6-5-7-11(13)16/h5-8,10H,3-4,9H2,1-2H3,(H,18,19,20).